The predicted octanol–water partition coefficient (Wildman–Crippen LogP) is 4.84. The smallest absolute Gasteiger partial charge is 0.173 e. The van der Waals surface area contributed by atoms with Gasteiger partial charge in [0.25, 0.3) is 0 Å². The molecule has 0 aliphatic heterocycles. The van der Waals surface area contributed by atoms with Gasteiger partial charge in [-0.2, -0.15) is 0 Å². The molecule has 0 N–H and O–H groups in total. The fourth-order valence-electron chi connectivity index (χ4n) is 4.98. The first-order chi connectivity index (χ1) is 13.2. The van der Waals surface area contributed by atoms with E-state index in [0.29, 0.717) is 12.1 Å². The third-order valence-electron chi connectivity index (χ3n) is 6.63. The van der Waals surface area contributed by atoms with Gasteiger partial charge in [0.1, 0.15) is 0 Å². The summed E-state index contributed by atoms with van der Waals surface area (Å²) in [7, 11) is 2.28. The molecule has 0 amide bonds. The van der Waals surface area contributed by atoms with Crippen molar-refractivity contribution in [1.29, 1.82) is 0 Å². The number of nitrogens with zero attached hydrogens (tertiary/aromatic N) is 5. The molecule has 146 valence electrons. The first kappa shape index (κ1) is 18.6. The van der Waals surface area contributed by atoms with E-state index < -0.39 is 0 Å². The monoisotopic (exact) mass is 367 g/mol. The molecule has 2 saturated carbocycles. The second-order valence-electron chi connectivity index (χ2n) is 8.54. The van der Waals surface area contributed by atoms with E-state index in [1.54, 1.807) is 0 Å². The maximum atomic E-state index is 4.57. The summed E-state index contributed by atoms with van der Waals surface area (Å²) in [6.45, 7) is 2.15. The van der Waals surface area contributed by atoms with Gasteiger partial charge in [0.15, 0.2) is 5.82 Å². The third kappa shape index (κ3) is 4.08. The molecule has 2 fully saturated rings. The molecule has 4 rings (SSSR count). The summed E-state index contributed by atoms with van der Waals surface area (Å²) in [5, 5.41) is 13.2. The molecular formula is C22H33N5. The zero-order chi connectivity index (χ0) is 18.6. The maximum absolute atomic E-state index is 4.57. The Hall–Kier alpha value is -1.75. The number of hydrogen-bond donors (Lipinski definition) is 0. The highest BCUT2D eigenvalue weighted by atomic mass is 15.6. The molecule has 2 aliphatic carbocycles. The van der Waals surface area contributed by atoms with Crippen molar-refractivity contribution in [2.75, 3.05) is 7.05 Å². The van der Waals surface area contributed by atoms with Gasteiger partial charge in [-0.05, 0) is 55.6 Å². The largest absolute Gasteiger partial charge is 0.290 e. The molecule has 1 aromatic heterocycles. The van der Waals surface area contributed by atoms with Crippen LogP contribution in [0, 0.1) is 6.92 Å². The van der Waals surface area contributed by atoms with Gasteiger partial charge in [-0.15, -0.1) is 5.10 Å². The van der Waals surface area contributed by atoms with Gasteiger partial charge in [-0.25, -0.2) is 4.68 Å². The first-order valence-corrected chi connectivity index (χ1v) is 10.8. The van der Waals surface area contributed by atoms with Gasteiger partial charge in [-0.3, -0.25) is 4.90 Å². The number of benzene rings is 1. The molecule has 0 saturated heterocycles. The first-order valence-electron chi connectivity index (χ1n) is 10.8. The average molecular weight is 368 g/mol. The van der Waals surface area contributed by atoms with E-state index in [4.69, 9.17) is 0 Å². The molecule has 5 heteroatoms. The van der Waals surface area contributed by atoms with Crippen LogP contribution in [0.15, 0.2) is 24.3 Å². The van der Waals surface area contributed by atoms with Gasteiger partial charge in [0, 0.05) is 6.04 Å². The molecular weight excluding hydrogens is 334 g/mol. The summed E-state index contributed by atoms with van der Waals surface area (Å²) in [6.07, 6.45) is 12.9. The van der Waals surface area contributed by atoms with Crippen molar-refractivity contribution in [2.45, 2.75) is 89.3 Å². The van der Waals surface area contributed by atoms with Crippen LogP contribution < -0.4 is 0 Å². The number of aromatic nitrogens is 4. The molecule has 1 heterocycles. The van der Waals surface area contributed by atoms with Crippen LogP contribution >= 0.6 is 0 Å². The van der Waals surface area contributed by atoms with E-state index in [9.17, 15) is 0 Å². The van der Waals surface area contributed by atoms with Gasteiger partial charge < -0.3 is 0 Å². The molecule has 0 spiro atoms. The summed E-state index contributed by atoms with van der Waals surface area (Å²) in [4.78, 5) is 2.55. The highest BCUT2D eigenvalue weighted by Gasteiger charge is 2.32. The van der Waals surface area contributed by atoms with Crippen LogP contribution in [0.1, 0.15) is 93.2 Å². The SMILES string of the molecule is Cc1ccc([C@@H](c2nnnn2C2CCCCC2)N(C)C2CCCCC2)cc1. The van der Waals surface area contributed by atoms with Gasteiger partial charge >= 0.3 is 0 Å². The number of hydrogen-bond acceptors (Lipinski definition) is 4. The highest BCUT2D eigenvalue weighted by molar-refractivity contribution is 5.28. The standard InChI is InChI=1S/C22H33N5/c1-17-13-15-18(16-14-17)21(26(2)19-9-5-3-6-10-19)22-23-24-25-27(22)20-11-7-4-8-12-20/h13-16,19-21H,3-12H2,1-2H3/t21-/m0/s1. The van der Waals surface area contributed by atoms with Crippen LogP contribution in [0.2, 0.25) is 0 Å². The van der Waals surface area contributed by atoms with Crippen molar-refractivity contribution < 1.29 is 0 Å². The van der Waals surface area contributed by atoms with Crippen molar-refractivity contribution in [1.82, 2.24) is 25.1 Å². The Kier molecular flexibility index (Phi) is 5.86. The van der Waals surface area contributed by atoms with Crippen molar-refractivity contribution in [3.05, 3.63) is 41.2 Å². The minimum atomic E-state index is 0.130. The van der Waals surface area contributed by atoms with Crippen molar-refractivity contribution >= 4 is 0 Å². The lowest BCUT2D eigenvalue weighted by Gasteiger charge is -2.37. The van der Waals surface area contributed by atoms with Crippen LogP contribution in [0.5, 0.6) is 0 Å². The maximum Gasteiger partial charge on any atom is 0.173 e. The van der Waals surface area contributed by atoms with E-state index in [1.165, 1.54) is 75.3 Å². The molecule has 2 aliphatic rings. The fraction of sp³-hybridized carbons (Fsp3) is 0.682. The lowest BCUT2D eigenvalue weighted by atomic mass is 9.91. The zero-order valence-electron chi connectivity index (χ0n) is 16.8. The highest BCUT2D eigenvalue weighted by Crippen LogP contribution is 2.35. The Morgan fingerprint density at radius 1 is 0.926 bits per heavy atom. The van der Waals surface area contributed by atoms with Crippen LogP contribution in [-0.2, 0) is 0 Å². The second-order valence-corrected chi connectivity index (χ2v) is 8.54. The number of rotatable bonds is 5. The molecule has 0 radical (unpaired) electrons. The Morgan fingerprint density at radius 2 is 1.56 bits per heavy atom. The molecule has 1 atom stereocenters. The van der Waals surface area contributed by atoms with Crippen molar-refractivity contribution in [2.24, 2.45) is 0 Å². The van der Waals surface area contributed by atoms with Crippen LogP contribution in [-0.4, -0.2) is 38.2 Å². The fourth-order valence-corrected chi connectivity index (χ4v) is 4.98. The summed E-state index contributed by atoms with van der Waals surface area (Å²) in [6, 6.07) is 10.2. The van der Waals surface area contributed by atoms with Crippen molar-refractivity contribution in [3.8, 4) is 0 Å². The zero-order valence-corrected chi connectivity index (χ0v) is 16.8. The topological polar surface area (TPSA) is 46.8 Å². The molecule has 1 aromatic carbocycles. The summed E-state index contributed by atoms with van der Waals surface area (Å²) < 4.78 is 2.16. The Morgan fingerprint density at radius 3 is 2.22 bits per heavy atom. The van der Waals surface area contributed by atoms with E-state index in [-0.39, 0.29) is 6.04 Å². The lowest BCUT2D eigenvalue weighted by Crippen LogP contribution is -2.38. The summed E-state index contributed by atoms with van der Waals surface area (Å²) >= 11 is 0. The van der Waals surface area contributed by atoms with E-state index in [1.807, 2.05) is 0 Å². The minimum Gasteiger partial charge on any atom is -0.290 e. The molecule has 27 heavy (non-hydrogen) atoms. The normalized spacial score (nSPS) is 20.9. The Balaban J connectivity index is 1.69. The predicted molar refractivity (Wildman–Crippen MR) is 108 cm³/mol. The van der Waals surface area contributed by atoms with Gasteiger partial charge in [-0.1, -0.05) is 68.4 Å². The Labute approximate surface area is 163 Å². The molecule has 2 aromatic rings. The lowest BCUT2D eigenvalue weighted by molar-refractivity contribution is 0.146. The van der Waals surface area contributed by atoms with Gasteiger partial charge in [0.05, 0.1) is 12.1 Å². The molecule has 5 nitrogen and oxygen atoms in total. The summed E-state index contributed by atoms with van der Waals surface area (Å²) in [5.74, 6) is 1.03. The Bertz CT molecular complexity index is 711. The van der Waals surface area contributed by atoms with E-state index >= 15 is 0 Å². The molecule has 0 unspecified atom stereocenters. The van der Waals surface area contributed by atoms with Crippen LogP contribution in [0.25, 0.3) is 0 Å². The molecule has 0 bridgehead atoms. The summed E-state index contributed by atoms with van der Waals surface area (Å²) in [5.41, 5.74) is 2.60. The van der Waals surface area contributed by atoms with E-state index in [2.05, 4.69) is 63.3 Å². The van der Waals surface area contributed by atoms with E-state index in [0.717, 1.165) is 5.82 Å². The number of aryl methyl sites for hydroxylation is 1. The third-order valence-corrected chi connectivity index (χ3v) is 6.63. The van der Waals surface area contributed by atoms with Gasteiger partial charge in [0.2, 0.25) is 0 Å². The minimum absolute atomic E-state index is 0.130. The quantitative estimate of drug-likeness (QED) is 0.758. The second kappa shape index (κ2) is 8.51. The number of tetrazole rings is 1. The van der Waals surface area contributed by atoms with Crippen molar-refractivity contribution in [3.63, 3.8) is 0 Å². The van der Waals surface area contributed by atoms with Crippen LogP contribution in [0.3, 0.4) is 0 Å². The van der Waals surface area contributed by atoms with Crippen LogP contribution in [0.4, 0.5) is 0 Å². The average Bonchev–Trinajstić information content (AvgIpc) is 3.20.